The molecular weight excluding hydrogens is 172 g/mol. The van der Waals surface area contributed by atoms with Gasteiger partial charge in [-0.15, -0.1) is 0 Å². The van der Waals surface area contributed by atoms with Crippen molar-refractivity contribution in [3.63, 3.8) is 0 Å². The predicted molar refractivity (Wildman–Crippen MR) is 31.0 cm³/mol. The maximum Gasteiger partial charge on any atom is 0.425 e. The first-order chi connectivity index (χ1) is 5.20. The van der Waals surface area contributed by atoms with Crippen LogP contribution in [0.3, 0.4) is 0 Å². The molecule has 0 aliphatic heterocycles. The maximum absolute atomic E-state index is 10.0. The quantitative estimate of drug-likeness (QED) is 0.415. The summed E-state index contributed by atoms with van der Waals surface area (Å²) in [6, 6.07) is 2.20. The minimum atomic E-state index is -1.21. The van der Waals surface area contributed by atoms with E-state index >= 15 is 0 Å². The van der Waals surface area contributed by atoms with E-state index < -0.39 is 11.9 Å². The van der Waals surface area contributed by atoms with Gasteiger partial charge in [0.25, 0.3) is 12.3 Å². The normalized spacial score (nSPS) is 7.09. The van der Waals surface area contributed by atoms with Crippen LogP contribution in [0.5, 0.6) is 0 Å². The number of carbonyl (C=O) groups excluding carboxylic acids is 2. The average molecular weight is 172 g/mol. The van der Waals surface area contributed by atoms with Crippen LogP contribution < -0.4 is 0 Å². The summed E-state index contributed by atoms with van der Waals surface area (Å²) in [6.07, 6.45) is 0. The lowest BCUT2D eigenvalue weighted by Crippen LogP contribution is -1.98. The summed E-state index contributed by atoms with van der Waals surface area (Å²) in [5.41, 5.74) is 0. The Morgan fingerprint density at radius 1 is 1.09 bits per heavy atom. The van der Waals surface area contributed by atoms with Gasteiger partial charge in [-0.25, -0.2) is 9.59 Å². The SMILES string of the molecule is N#CC(=O)OSOC(=O)C#N. The molecule has 7 heteroatoms. The van der Waals surface area contributed by atoms with E-state index in [0.717, 1.165) is 12.1 Å². The van der Waals surface area contributed by atoms with Gasteiger partial charge in [-0.05, 0) is 0 Å². The second kappa shape index (κ2) is 5.09. The summed E-state index contributed by atoms with van der Waals surface area (Å²) in [5, 5.41) is 15.6. The number of nitrogens with zero attached hydrogens (tertiary/aromatic N) is 2. The van der Waals surface area contributed by atoms with E-state index in [1.807, 2.05) is 0 Å². The molecule has 0 spiro atoms. The molecule has 0 aromatic rings. The van der Waals surface area contributed by atoms with Crippen molar-refractivity contribution in [2.45, 2.75) is 0 Å². The van der Waals surface area contributed by atoms with Crippen molar-refractivity contribution in [3.05, 3.63) is 0 Å². The first kappa shape index (κ1) is 9.27. The fraction of sp³-hybridized carbons (Fsp3) is 0. The van der Waals surface area contributed by atoms with Crippen molar-refractivity contribution in [3.8, 4) is 12.1 Å². The molecule has 0 aliphatic carbocycles. The molecule has 6 nitrogen and oxygen atoms in total. The summed E-state index contributed by atoms with van der Waals surface area (Å²) in [7, 11) is 0. The van der Waals surface area contributed by atoms with Crippen molar-refractivity contribution in [2.75, 3.05) is 0 Å². The minimum Gasteiger partial charge on any atom is -0.343 e. The largest absolute Gasteiger partial charge is 0.425 e. The third-order valence-corrected chi connectivity index (χ3v) is 0.841. The van der Waals surface area contributed by atoms with Crippen molar-refractivity contribution >= 4 is 24.3 Å². The zero-order valence-electron chi connectivity index (χ0n) is 4.94. The Bertz CT molecular complexity index is 224. The van der Waals surface area contributed by atoms with Crippen LogP contribution in [0, 0.1) is 22.7 Å². The molecule has 0 unspecified atom stereocenters. The highest BCUT2D eigenvalue weighted by molar-refractivity contribution is 7.90. The zero-order chi connectivity index (χ0) is 8.69. The van der Waals surface area contributed by atoms with Gasteiger partial charge in [-0.3, -0.25) is 0 Å². The summed E-state index contributed by atoms with van der Waals surface area (Å²) < 4.78 is 7.77. The first-order valence-electron chi connectivity index (χ1n) is 2.10. The zero-order valence-corrected chi connectivity index (χ0v) is 5.75. The van der Waals surface area contributed by atoms with E-state index in [2.05, 4.69) is 8.37 Å². The molecule has 0 amide bonds. The van der Waals surface area contributed by atoms with Crippen LogP contribution in [0.25, 0.3) is 0 Å². The van der Waals surface area contributed by atoms with E-state index in [-0.39, 0.29) is 12.3 Å². The summed E-state index contributed by atoms with van der Waals surface area (Å²) >= 11 is -0.0255. The summed E-state index contributed by atoms with van der Waals surface area (Å²) in [4.78, 5) is 20.0. The number of hydrogen-bond donors (Lipinski definition) is 0. The number of rotatable bonds is 2. The molecule has 11 heavy (non-hydrogen) atoms. The topological polar surface area (TPSA) is 100 Å². The summed E-state index contributed by atoms with van der Waals surface area (Å²) in [6.45, 7) is 0. The monoisotopic (exact) mass is 172 g/mol. The van der Waals surface area contributed by atoms with Crippen LogP contribution in [0.2, 0.25) is 0 Å². The van der Waals surface area contributed by atoms with Crippen molar-refractivity contribution in [1.82, 2.24) is 0 Å². The molecule has 0 atom stereocenters. The lowest BCUT2D eigenvalue weighted by molar-refractivity contribution is -0.129. The third kappa shape index (κ3) is 4.75. The van der Waals surface area contributed by atoms with Gasteiger partial charge in [0, 0.05) is 0 Å². The average Bonchev–Trinajstić information content (AvgIpc) is 2.04. The smallest absolute Gasteiger partial charge is 0.343 e. The Labute approximate surface area is 65.7 Å². The standard InChI is InChI=1S/C4N2O4S/c5-1-3(7)9-11-10-4(8)2-6. The number of hydrogen-bond acceptors (Lipinski definition) is 7. The molecule has 0 N–H and O–H groups in total. The second-order valence-electron chi connectivity index (χ2n) is 1.03. The molecule has 0 fully saturated rings. The van der Waals surface area contributed by atoms with Gasteiger partial charge in [-0.2, -0.15) is 10.5 Å². The van der Waals surface area contributed by atoms with E-state index in [0.29, 0.717) is 0 Å². The van der Waals surface area contributed by atoms with Gasteiger partial charge in [0.2, 0.25) is 0 Å². The Morgan fingerprint density at radius 3 is 1.73 bits per heavy atom. The van der Waals surface area contributed by atoms with Gasteiger partial charge in [0.05, 0.1) is 0 Å². The second-order valence-corrected chi connectivity index (χ2v) is 1.50. The summed E-state index contributed by atoms with van der Waals surface area (Å²) in [5.74, 6) is -2.42. The fourth-order valence-corrected chi connectivity index (χ4v) is 0.348. The van der Waals surface area contributed by atoms with Crippen LogP contribution in [0.1, 0.15) is 0 Å². The molecule has 0 heterocycles. The lowest BCUT2D eigenvalue weighted by atomic mass is 10.8. The first-order valence-corrected chi connectivity index (χ1v) is 2.76. The van der Waals surface area contributed by atoms with Crippen molar-refractivity contribution in [2.24, 2.45) is 0 Å². The maximum atomic E-state index is 10.0. The Hall–Kier alpha value is -1.73. The van der Waals surface area contributed by atoms with Crippen LogP contribution in [0.15, 0.2) is 0 Å². The van der Waals surface area contributed by atoms with Crippen LogP contribution in [-0.4, -0.2) is 11.9 Å². The highest BCUT2D eigenvalue weighted by Crippen LogP contribution is 2.03. The molecular formula is C4N2O4S. The van der Waals surface area contributed by atoms with Gasteiger partial charge in [0.1, 0.15) is 0 Å². The third-order valence-electron chi connectivity index (χ3n) is 0.402. The van der Waals surface area contributed by atoms with E-state index in [1.54, 1.807) is 0 Å². The lowest BCUT2D eigenvalue weighted by Gasteiger charge is -1.91. The van der Waals surface area contributed by atoms with Crippen LogP contribution >= 0.6 is 12.3 Å². The molecule has 0 aromatic carbocycles. The minimum absolute atomic E-state index is 0.0255. The van der Waals surface area contributed by atoms with E-state index in [4.69, 9.17) is 10.5 Å². The molecule has 0 rings (SSSR count). The Morgan fingerprint density at radius 2 is 1.45 bits per heavy atom. The molecule has 0 bridgehead atoms. The predicted octanol–water partition coefficient (Wildman–Crippen LogP) is -0.317. The highest BCUT2D eigenvalue weighted by Gasteiger charge is 2.05. The highest BCUT2D eigenvalue weighted by atomic mass is 32.2. The molecule has 56 valence electrons. The Balaban J connectivity index is 3.46. The fourth-order valence-electron chi connectivity index (χ4n) is 0.116. The Kier molecular flexibility index (Phi) is 4.29. The van der Waals surface area contributed by atoms with Gasteiger partial charge >= 0.3 is 11.9 Å². The molecule has 0 aromatic heterocycles. The molecule has 0 saturated carbocycles. The van der Waals surface area contributed by atoms with Crippen molar-refractivity contribution < 1.29 is 18.0 Å². The van der Waals surface area contributed by atoms with Crippen molar-refractivity contribution in [1.29, 1.82) is 10.5 Å². The van der Waals surface area contributed by atoms with Crippen LogP contribution in [-0.2, 0) is 18.0 Å². The number of nitriles is 2. The van der Waals surface area contributed by atoms with Crippen LogP contribution in [0.4, 0.5) is 0 Å². The van der Waals surface area contributed by atoms with E-state index in [9.17, 15) is 9.59 Å². The number of carbonyl (C=O) groups is 2. The molecule has 0 radical (unpaired) electrons. The van der Waals surface area contributed by atoms with Gasteiger partial charge in [-0.1, -0.05) is 0 Å². The van der Waals surface area contributed by atoms with Gasteiger partial charge in [0.15, 0.2) is 12.1 Å². The van der Waals surface area contributed by atoms with Gasteiger partial charge < -0.3 is 8.37 Å². The molecule has 0 aliphatic rings. The molecule has 0 saturated heterocycles. The van der Waals surface area contributed by atoms with E-state index in [1.165, 1.54) is 0 Å².